The standard InChI is InChI=1S/C19H27FN2O.C2HF3O2/c20-17-5-3-16(4-6-17)14-21-11-7-19(8-12-21)13-18(15-23-19)22-9-1-2-10-22;3-2(4,5)1(6)7/h3-6,18H,1-2,7-15H2;(H,6,7). The van der Waals surface area contributed by atoms with Crippen molar-refractivity contribution >= 4 is 5.97 Å². The number of rotatable bonds is 3. The highest BCUT2D eigenvalue weighted by molar-refractivity contribution is 5.73. The first kappa shape index (κ1) is 23.0. The maximum absolute atomic E-state index is 13.0. The summed E-state index contributed by atoms with van der Waals surface area (Å²) in [4.78, 5) is 14.0. The maximum Gasteiger partial charge on any atom is 0.490 e. The zero-order valence-corrected chi connectivity index (χ0v) is 16.8. The van der Waals surface area contributed by atoms with E-state index in [1.807, 2.05) is 12.1 Å². The van der Waals surface area contributed by atoms with Crippen molar-refractivity contribution in [3.63, 3.8) is 0 Å². The number of alkyl halides is 3. The molecule has 0 saturated carbocycles. The minimum absolute atomic E-state index is 0.132. The highest BCUT2D eigenvalue weighted by atomic mass is 19.4. The van der Waals surface area contributed by atoms with Gasteiger partial charge in [0.1, 0.15) is 5.82 Å². The lowest BCUT2D eigenvalue weighted by Crippen LogP contribution is -2.44. The van der Waals surface area contributed by atoms with Crippen molar-refractivity contribution in [3.8, 4) is 0 Å². The molecule has 1 aromatic carbocycles. The molecule has 168 valence electrons. The number of ether oxygens (including phenoxy) is 1. The van der Waals surface area contributed by atoms with Crippen LogP contribution in [0.5, 0.6) is 0 Å². The molecule has 5 nitrogen and oxygen atoms in total. The Balaban J connectivity index is 0.000000318. The number of carboxylic acid groups (broad SMARTS) is 1. The Morgan fingerprint density at radius 1 is 1.10 bits per heavy atom. The number of carboxylic acids is 1. The van der Waals surface area contributed by atoms with Crippen molar-refractivity contribution in [1.29, 1.82) is 0 Å². The van der Waals surface area contributed by atoms with Crippen molar-refractivity contribution in [2.24, 2.45) is 0 Å². The van der Waals surface area contributed by atoms with Gasteiger partial charge < -0.3 is 9.84 Å². The minimum Gasteiger partial charge on any atom is -0.475 e. The van der Waals surface area contributed by atoms with Gasteiger partial charge in [-0.25, -0.2) is 9.18 Å². The van der Waals surface area contributed by atoms with E-state index in [-0.39, 0.29) is 11.4 Å². The summed E-state index contributed by atoms with van der Waals surface area (Å²) >= 11 is 0. The summed E-state index contributed by atoms with van der Waals surface area (Å²) in [5.74, 6) is -2.91. The Bertz CT molecular complexity index is 697. The highest BCUT2D eigenvalue weighted by Gasteiger charge is 2.44. The van der Waals surface area contributed by atoms with Gasteiger partial charge in [0.15, 0.2) is 0 Å². The fourth-order valence-corrected chi connectivity index (χ4v) is 4.48. The molecule has 1 unspecified atom stereocenters. The van der Waals surface area contributed by atoms with Gasteiger partial charge in [-0.2, -0.15) is 13.2 Å². The van der Waals surface area contributed by atoms with E-state index < -0.39 is 12.1 Å². The maximum atomic E-state index is 13.0. The Hall–Kier alpha value is -1.71. The van der Waals surface area contributed by atoms with Gasteiger partial charge >= 0.3 is 12.1 Å². The van der Waals surface area contributed by atoms with Crippen LogP contribution in [0.25, 0.3) is 0 Å². The Morgan fingerprint density at radius 3 is 2.20 bits per heavy atom. The molecular weight excluding hydrogens is 404 g/mol. The molecule has 30 heavy (non-hydrogen) atoms. The van der Waals surface area contributed by atoms with Crippen LogP contribution >= 0.6 is 0 Å². The summed E-state index contributed by atoms with van der Waals surface area (Å²) in [6, 6.07) is 7.56. The molecule has 1 atom stereocenters. The van der Waals surface area contributed by atoms with E-state index in [4.69, 9.17) is 14.6 Å². The van der Waals surface area contributed by atoms with Crippen molar-refractivity contribution in [2.75, 3.05) is 32.8 Å². The van der Waals surface area contributed by atoms with E-state index in [0.717, 1.165) is 39.1 Å². The fraction of sp³-hybridized carbons (Fsp3) is 0.667. The quantitative estimate of drug-likeness (QED) is 0.739. The molecule has 9 heteroatoms. The number of nitrogens with zero attached hydrogens (tertiary/aromatic N) is 2. The molecule has 3 fully saturated rings. The second-order valence-corrected chi connectivity index (χ2v) is 8.30. The van der Waals surface area contributed by atoms with Gasteiger partial charge in [-0.05, 0) is 62.9 Å². The SMILES string of the molecule is Fc1ccc(CN2CCC3(CC2)CC(N2CCCC2)CO3)cc1.O=C(O)C(F)(F)F. The zero-order chi connectivity index (χ0) is 21.8. The highest BCUT2D eigenvalue weighted by Crippen LogP contribution is 2.38. The number of halogens is 4. The van der Waals surface area contributed by atoms with Gasteiger partial charge in [0.25, 0.3) is 0 Å². The van der Waals surface area contributed by atoms with E-state index in [9.17, 15) is 17.6 Å². The average molecular weight is 432 g/mol. The van der Waals surface area contributed by atoms with E-state index >= 15 is 0 Å². The smallest absolute Gasteiger partial charge is 0.475 e. The molecule has 1 spiro atoms. The molecular formula is C21H28F4N2O3. The number of aliphatic carboxylic acids is 1. The molecule has 1 aromatic rings. The van der Waals surface area contributed by atoms with Crippen LogP contribution in [-0.2, 0) is 16.1 Å². The summed E-state index contributed by atoms with van der Waals surface area (Å²) in [6.45, 7) is 6.56. The van der Waals surface area contributed by atoms with Crippen molar-refractivity contribution in [3.05, 3.63) is 35.6 Å². The van der Waals surface area contributed by atoms with E-state index in [2.05, 4.69) is 9.80 Å². The Morgan fingerprint density at radius 2 is 1.67 bits per heavy atom. The second-order valence-electron chi connectivity index (χ2n) is 8.30. The predicted molar refractivity (Wildman–Crippen MR) is 102 cm³/mol. The van der Waals surface area contributed by atoms with Crippen LogP contribution in [0.1, 0.15) is 37.7 Å². The van der Waals surface area contributed by atoms with Gasteiger partial charge in [0.2, 0.25) is 0 Å². The van der Waals surface area contributed by atoms with E-state index in [0.29, 0.717) is 6.04 Å². The third-order valence-electron chi connectivity index (χ3n) is 6.18. The molecule has 0 bridgehead atoms. The molecule has 3 aliphatic heterocycles. The molecule has 3 heterocycles. The van der Waals surface area contributed by atoms with Gasteiger partial charge in [-0.3, -0.25) is 9.80 Å². The number of likely N-dealkylation sites (tertiary alicyclic amines) is 2. The first-order chi connectivity index (χ1) is 14.2. The topological polar surface area (TPSA) is 53.0 Å². The van der Waals surface area contributed by atoms with Crippen LogP contribution in [0.15, 0.2) is 24.3 Å². The lowest BCUT2D eigenvalue weighted by Gasteiger charge is -2.39. The van der Waals surface area contributed by atoms with Gasteiger partial charge in [-0.15, -0.1) is 0 Å². The molecule has 4 rings (SSSR count). The van der Waals surface area contributed by atoms with Crippen LogP contribution in [0.4, 0.5) is 17.6 Å². The number of hydrogen-bond donors (Lipinski definition) is 1. The lowest BCUT2D eigenvalue weighted by atomic mass is 9.87. The van der Waals surface area contributed by atoms with Crippen LogP contribution in [0, 0.1) is 5.82 Å². The fourth-order valence-electron chi connectivity index (χ4n) is 4.48. The third-order valence-corrected chi connectivity index (χ3v) is 6.18. The second kappa shape index (κ2) is 9.62. The summed E-state index contributed by atoms with van der Waals surface area (Å²) < 4.78 is 51.0. The molecule has 1 N–H and O–H groups in total. The summed E-state index contributed by atoms with van der Waals surface area (Å²) in [6.07, 6.45) is 1.12. The third kappa shape index (κ3) is 6.15. The van der Waals surface area contributed by atoms with Crippen LogP contribution < -0.4 is 0 Å². The van der Waals surface area contributed by atoms with Crippen LogP contribution in [0.2, 0.25) is 0 Å². The van der Waals surface area contributed by atoms with Gasteiger partial charge in [0, 0.05) is 25.7 Å². The average Bonchev–Trinajstić information content (AvgIpc) is 3.36. The van der Waals surface area contributed by atoms with Crippen molar-refractivity contribution in [2.45, 2.75) is 56.5 Å². The zero-order valence-electron chi connectivity index (χ0n) is 16.8. The summed E-state index contributed by atoms with van der Waals surface area (Å²) in [7, 11) is 0. The molecule has 3 saturated heterocycles. The monoisotopic (exact) mass is 432 g/mol. The molecule has 3 aliphatic rings. The van der Waals surface area contributed by atoms with Crippen molar-refractivity contribution in [1.82, 2.24) is 9.80 Å². The van der Waals surface area contributed by atoms with Gasteiger partial charge in [0.05, 0.1) is 12.2 Å². The summed E-state index contributed by atoms with van der Waals surface area (Å²) in [5.41, 5.74) is 1.33. The van der Waals surface area contributed by atoms with Gasteiger partial charge in [-0.1, -0.05) is 12.1 Å². The number of piperidine rings is 1. The van der Waals surface area contributed by atoms with Crippen LogP contribution in [0.3, 0.4) is 0 Å². The molecule has 0 aromatic heterocycles. The minimum atomic E-state index is -5.08. The first-order valence-electron chi connectivity index (χ1n) is 10.3. The largest absolute Gasteiger partial charge is 0.490 e. The lowest BCUT2D eigenvalue weighted by molar-refractivity contribution is -0.192. The van der Waals surface area contributed by atoms with Crippen LogP contribution in [-0.4, -0.2) is 71.5 Å². The predicted octanol–water partition coefficient (Wildman–Crippen LogP) is 3.68. The van der Waals surface area contributed by atoms with Crippen molar-refractivity contribution < 1.29 is 32.2 Å². The Kier molecular flexibility index (Phi) is 7.36. The Labute approximate surface area is 173 Å². The first-order valence-corrected chi connectivity index (χ1v) is 10.3. The molecule has 0 amide bonds. The summed E-state index contributed by atoms with van der Waals surface area (Å²) in [5, 5.41) is 7.12. The number of hydrogen-bond acceptors (Lipinski definition) is 4. The number of carbonyl (C=O) groups is 1. The molecule has 0 radical (unpaired) electrons. The normalized spacial score (nSPS) is 24.6. The van der Waals surface area contributed by atoms with E-state index in [1.54, 1.807) is 12.1 Å². The molecule has 0 aliphatic carbocycles. The number of benzene rings is 1. The van der Waals surface area contributed by atoms with E-state index in [1.165, 1.54) is 37.9 Å².